The van der Waals surface area contributed by atoms with Crippen molar-refractivity contribution in [2.24, 2.45) is 0 Å². The molecule has 1 aromatic carbocycles. The summed E-state index contributed by atoms with van der Waals surface area (Å²) in [6.45, 7) is 5.84. The van der Waals surface area contributed by atoms with Gasteiger partial charge in [0.15, 0.2) is 17.2 Å². The van der Waals surface area contributed by atoms with Crippen molar-refractivity contribution in [1.29, 1.82) is 0 Å². The summed E-state index contributed by atoms with van der Waals surface area (Å²) in [4.78, 5) is 13.6. The lowest BCUT2D eigenvalue weighted by Crippen LogP contribution is -2.27. The van der Waals surface area contributed by atoms with Crippen LogP contribution in [0.3, 0.4) is 0 Å². The largest absolute Gasteiger partial charge is 0.493 e. The maximum absolute atomic E-state index is 12.5. The van der Waals surface area contributed by atoms with E-state index in [1.54, 1.807) is 24.5 Å². The highest BCUT2D eigenvalue weighted by Gasteiger charge is 2.17. The van der Waals surface area contributed by atoms with E-state index in [-0.39, 0.29) is 18.1 Å². The van der Waals surface area contributed by atoms with Gasteiger partial charge in [0, 0.05) is 0 Å². The van der Waals surface area contributed by atoms with E-state index in [0.29, 0.717) is 17.2 Å². The van der Waals surface area contributed by atoms with Crippen LogP contribution >= 0.6 is 11.3 Å². The molecule has 2 heterocycles. The molecule has 2 aromatic heterocycles. The van der Waals surface area contributed by atoms with E-state index in [1.807, 2.05) is 56.5 Å². The number of H-pyrrole nitrogens is 1. The van der Waals surface area contributed by atoms with Crippen molar-refractivity contribution in [2.45, 2.75) is 32.9 Å². The number of carbonyl (C=O) groups excluding carboxylic acids is 1. The number of methoxy groups -OCH3 is 1. The quantitative estimate of drug-likeness (QED) is 0.631. The number of rotatable bonds is 7. The predicted octanol–water partition coefficient (Wildman–Crippen LogP) is 4.43. The normalized spacial score (nSPS) is 12.0. The van der Waals surface area contributed by atoms with Gasteiger partial charge in [-0.25, -0.2) is 0 Å². The standard InChI is InChI=1S/C20H23N3O3S/c1-12(2)26-17-8-7-14(10-18(17)25-4)13(3)21-20(24)16-11-15(22-23-16)19-6-5-9-27-19/h5-13H,1-4H3,(H,21,24)(H,22,23). The number of thiophene rings is 1. The van der Waals surface area contributed by atoms with E-state index in [1.165, 1.54) is 0 Å². The average molecular weight is 385 g/mol. The van der Waals surface area contributed by atoms with Gasteiger partial charge in [-0.3, -0.25) is 9.89 Å². The highest BCUT2D eigenvalue weighted by atomic mass is 32.1. The molecule has 1 amide bonds. The Kier molecular flexibility index (Phi) is 5.81. The van der Waals surface area contributed by atoms with Crippen LogP contribution in [0.1, 0.15) is 42.9 Å². The predicted molar refractivity (Wildman–Crippen MR) is 107 cm³/mol. The zero-order valence-corrected chi connectivity index (χ0v) is 16.6. The zero-order chi connectivity index (χ0) is 19.4. The Labute approximate surface area is 162 Å². The van der Waals surface area contributed by atoms with Gasteiger partial charge in [0.25, 0.3) is 5.91 Å². The molecule has 0 aliphatic carbocycles. The first-order valence-electron chi connectivity index (χ1n) is 8.72. The lowest BCUT2D eigenvalue weighted by molar-refractivity contribution is 0.0934. The van der Waals surface area contributed by atoms with Gasteiger partial charge in [-0.05, 0) is 56.0 Å². The number of aromatic amines is 1. The monoisotopic (exact) mass is 385 g/mol. The first-order valence-corrected chi connectivity index (χ1v) is 9.60. The van der Waals surface area contributed by atoms with Crippen LogP contribution in [0.4, 0.5) is 0 Å². The summed E-state index contributed by atoms with van der Waals surface area (Å²) in [6.07, 6.45) is 0.0547. The number of hydrogen-bond donors (Lipinski definition) is 2. The van der Waals surface area contributed by atoms with E-state index < -0.39 is 0 Å². The fraction of sp³-hybridized carbons (Fsp3) is 0.300. The average Bonchev–Trinajstić information content (AvgIpc) is 3.32. The number of nitrogens with zero attached hydrogens (tertiary/aromatic N) is 1. The van der Waals surface area contributed by atoms with Crippen LogP contribution in [0.15, 0.2) is 41.8 Å². The van der Waals surface area contributed by atoms with Crippen molar-refractivity contribution in [3.05, 3.63) is 53.0 Å². The van der Waals surface area contributed by atoms with Crippen molar-refractivity contribution < 1.29 is 14.3 Å². The second-order valence-electron chi connectivity index (χ2n) is 6.42. The highest BCUT2D eigenvalue weighted by Crippen LogP contribution is 2.31. The topological polar surface area (TPSA) is 76.2 Å². The van der Waals surface area contributed by atoms with Crippen LogP contribution in [-0.4, -0.2) is 29.3 Å². The Morgan fingerprint density at radius 2 is 2.00 bits per heavy atom. The van der Waals surface area contributed by atoms with Crippen LogP contribution in [-0.2, 0) is 0 Å². The summed E-state index contributed by atoms with van der Waals surface area (Å²) in [7, 11) is 1.60. The van der Waals surface area contributed by atoms with Gasteiger partial charge in [-0.1, -0.05) is 12.1 Å². The van der Waals surface area contributed by atoms with E-state index >= 15 is 0 Å². The lowest BCUT2D eigenvalue weighted by atomic mass is 10.1. The summed E-state index contributed by atoms with van der Waals surface area (Å²) in [5.41, 5.74) is 2.11. The molecular formula is C20H23N3O3S. The summed E-state index contributed by atoms with van der Waals surface area (Å²) < 4.78 is 11.2. The number of aromatic nitrogens is 2. The molecule has 0 saturated carbocycles. The third kappa shape index (κ3) is 4.49. The lowest BCUT2D eigenvalue weighted by Gasteiger charge is -2.18. The summed E-state index contributed by atoms with van der Waals surface area (Å²) in [6, 6.07) is 11.2. The number of benzene rings is 1. The van der Waals surface area contributed by atoms with E-state index in [2.05, 4.69) is 15.5 Å². The van der Waals surface area contributed by atoms with Gasteiger partial charge >= 0.3 is 0 Å². The first-order chi connectivity index (χ1) is 13.0. The van der Waals surface area contributed by atoms with Crippen LogP contribution in [0.25, 0.3) is 10.6 Å². The Morgan fingerprint density at radius 1 is 1.19 bits per heavy atom. The second-order valence-corrected chi connectivity index (χ2v) is 7.36. The molecule has 142 valence electrons. The van der Waals surface area contributed by atoms with Crippen LogP contribution in [0, 0.1) is 0 Å². The minimum absolute atomic E-state index is 0.0547. The molecule has 0 saturated heterocycles. The molecule has 0 bridgehead atoms. The number of amides is 1. The van der Waals surface area contributed by atoms with E-state index in [0.717, 1.165) is 16.1 Å². The van der Waals surface area contributed by atoms with Crippen molar-refractivity contribution in [3.8, 4) is 22.1 Å². The molecule has 3 aromatic rings. The number of nitrogens with one attached hydrogen (secondary N) is 2. The van der Waals surface area contributed by atoms with E-state index in [9.17, 15) is 4.79 Å². The molecule has 7 heteroatoms. The molecule has 0 radical (unpaired) electrons. The Balaban J connectivity index is 1.71. The molecule has 1 atom stereocenters. The molecule has 0 spiro atoms. The van der Waals surface area contributed by atoms with Crippen LogP contribution < -0.4 is 14.8 Å². The van der Waals surface area contributed by atoms with Gasteiger partial charge in [0.2, 0.25) is 0 Å². The fourth-order valence-corrected chi connectivity index (χ4v) is 3.35. The van der Waals surface area contributed by atoms with Crippen molar-refractivity contribution >= 4 is 17.2 Å². The molecule has 0 aliphatic heterocycles. The summed E-state index contributed by atoms with van der Waals surface area (Å²) in [5, 5.41) is 12.0. The van der Waals surface area contributed by atoms with Crippen molar-refractivity contribution in [1.82, 2.24) is 15.5 Å². The molecule has 0 fully saturated rings. The van der Waals surface area contributed by atoms with Gasteiger partial charge in [0.05, 0.1) is 29.8 Å². The minimum atomic E-state index is -0.233. The maximum Gasteiger partial charge on any atom is 0.272 e. The first kappa shape index (κ1) is 19.0. The molecule has 27 heavy (non-hydrogen) atoms. The van der Waals surface area contributed by atoms with Crippen LogP contribution in [0.2, 0.25) is 0 Å². The number of carbonyl (C=O) groups is 1. The smallest absolute Gasteiger partial charge is 0.272 e. The van der Waals surface area contributed by atoms with Gasteiger partial charge < -0.3 is 14.8 Å². The maximum atomic E-state index is 12.5. The number of hydrogen-bond acceptors (Lipinski definition) is 5. The minimum Gasteiger partial charge on any atom is -0.493 e. The highest BCUT2D eigenvalue weighted by molar-refractivity contribution is 7.13. The SMILES string of the molecule is COc1cc(C(C)NC(=O)c2cc(-c3cccs3)[nH]n2)ccc1OC(C)C. The summed E-state index contributed by atoms with van der Waals surface area (Å²) >= 11 is 1.59. The molecule has 6 nitrogen and oxygen atoms in total. The van der Waals surface area contributed by atoms with Crippen molar-refractivity contribution in [3.63, 3.8) is 0 Å². The molecule has 1 unspecified atom stereocenters. The third-order valence-electron chi connectivity index (χ3n) is 4.00. The zero-order valence-electron chi connectivity index (χ0n) is 15.8. The Morgan fingerprint density at radius 3 is 2.67 bits per heavy atom. The Bertz CT molecular complexity index is 903. The Hall–Kier alpha value is -2.80. The number of ether oxygens (including phenoxy) is 2. The second kappa shape index (κ2) is 8.26. The van der Waals surface area contributed by atoms with Gasteiger partial charge in [-0.15, -0.1) is 11.3 Å². The van der Waals surface area contributed by atoms with E-state index in [4.69, 9.17) is 9.47 Å². The van der Waals surface area contributed by atoms with Gasteiger partial charge in [0.1, 0.15) is 0 Å². The molecule has 3 rings (SSSR count). The molecule has 2 N–H and O–H groups in total. The molecule has 0 aliphatic rings. The fourth-order valence-electron chi connectivity index (χ4n) is 2.65. The van der Waals surface area contributed by atoms with Crippen LogP contribution in [0.5, 0.6) is 11.5 Å². The third-order valence-corrected chi connectivity index (χ3v) is 4.90. The van der Waals surface area contributed by atoms with Crippen molar-refractivity contribution in [2.75, 3.05) is 7.11 Å². The molecular weight excluding hydrogens is 362 g/mol. The van der Waals surface area contributed by atoms with Gasteiger partial charge in [-0.2, -0.15) is 5.10 Å². The summed E-state index contributed by atoms with van der Waals surface area (Å²) in [5.74, 6) is 1.09.